The third kappa shape index (κ3) is 5.46. The third-order valence-corrected chi connectivity index (χ3v) is 14.1. The van der Waals surface area contributed by atoms with Crippen molar-refractivity contribution in [2.24, 2.45) is 0 Å². The van der Waals surface area contributed by atoms with Crippen LogP contribution in [0.3, 0.4) is 0 Å². The van der Waals surface area contributed by atoms with Gasteiger partial charge in [0.15, 0.2) is 0 Å². The summed E-state index contributed by atoms with van der Waals surface area (Å²) in [6.07, 6.45) is 0. The molecule has 65 heavy (non-hydrogen) atoms. The van der Waals surface area contributed by atoms with Gasteiger partial charge in [0.05, 0.1) is 22.0 Å². The van der Waals surface area contributed by atoms with E-state index in [1.807, 2.05) is 0 Å². The molecule has 0 saturated carbocycles. The van der Waals surface area contributed by atoms with Gasteiger partial charge in [0.25, 0.3) is 6.71 Å². The second-order valence-corrected chi connectivity index (χ2v) is 20.3. The lowest BCUT2D eigenvalue weighted by atomic mass is 9.33. The Kier molecular flexibility index (Phi) is 7.79. The van der Waals surface area contributed by atoms with E-state index >= 15 is 0 Å². The van der Waals surface area contributed by atoms with E-state index in [1.165, 1.54) is 49.4 Å². The van der Waals surface area contributed by atoms with E-state index in [0.29, 0.717) is 0 Å². The van der Waals surface area contributed by atoms with E-state index < -0.39 is 0 Å². The first-order valence-electron chi connectivity index (χ1n) is 22.9. The van der Waals surface area contributed by atoms with Crippen LogP contribution in [0.2, 0.25) is 0 Å². The molecule has 5 heterocycles. The van der Waals surface area contributed by atoms with Crippen LogP contribution in [-0.4, -0.2) is 11.3 Å². The van der Waals surface area contributed by atoms with Crippen molar-refractivity contribution in [3.8, 4) is 5.69 Å². The Morgan fingerprint density at radius 1 is 0.462 bits per heavy atom. The number of aryl methyl sites for hydroxylation is 1. The summed E-state index contributed by atoms with van der Waals surface area (Å²) in [6, 6.07) is 60.5. The summed E-state index contributed by atoms with van der Waals surface area (Å²) in [7, 11) is 0. The average molecular weight is 842 g/mol. The Bertz CT molecular complexity index is 3700. The Morgan fingerprint density at radius 3 is 1.71 bits per heavy atom. The molecule has 2 aliphatic heterocycles. The van der Waals surface area contributed by atoms with Gasteiger partial charge in [-0.1, -0.05) is 133 Å². The molecule has 0 bridgehead atoms. The molecule has 11 aromatic rings. The van der Waals surface area contributed by atoms with Gasteiger partial charge >= 0.3 is 0 Å². The molecule has 0 spiro atoms. The number of hydrogen-bond donors (Lipinski definition) is 0. The average Bonchev–Trinajstić information content (AvgIpc) is 3.97. The molecule has 2 aliphatic rings. The lowest BCUT2D eigenvalue weighted by Crippen LogP contribution is -2.60. The minimum Gasteiger partial charge on any atom is -0.456 e. The highest BCUT2D eigenvalue weighted by atomic mass is 16.3. The first-order chi connectivity index (χ1) is 31.4. The van der Waals surface area contributed by atoms with Gasteiger partial charge in [-0.3, -0.25) is 4.57 Å². The van der Waals surface area contributed by atoms with Crippen molar-refractivity contribution < 1.29 is 8.83 Å². The van der Waals surface area contributed by atoms with Crippen LogP contribution < -0.4 is 26.2 Å². The van der Waals surface area contributed by atoms with E-state index in [-0.39, 0.29) is 17.5 Å². The largest absolute Gasteiger partial charge is 0.456 e. The summed E-state index contributed by atoms with van der Waals surface area (Å²) in [5.74, 6) is 0. The molecule has 0 saturated heterocycles. The van der Waals surface area contributed by atoms with Gasteiger partial charge in [0.2, 0.25) is 5.71 Å². The summed E-state index contributed by atoms with van der Waals surface area (Å²) < 4.78 is 15.9. The Hall–Kier alpha value is -7.44. The molecule has 5 nitrogen and oxygen atoms in total. The molecule has 0 amide bonds. The van der Waals surface area contributed by atoms with Gasteiger partial charge < -0.3 is 18.6 Å². The van der Waals surface area contributed by atoms with Crippen LogP contribution in [0, 0.1) is 6.92 Å². The highest BCUT2D eigenvalue weighted by Crippen LogP contribution is 2.48. The first kappa shape index (κ1) is 38.1. The number of rotatable bonds is 4. The summed E-state index contributed by atoms with van der Waals surface area (Å²) >= 11 is 0. The molecule has 0 radical (unpaired) electrons. The molecule has 0 fully saturated rings. The fraction of sp³-hybridized carbons (Fsp3) is 0.153. The van der Waals surface area contributed by atoms with Gasteiger partial charge in [-0.25, -0.2) is 0 Å². The Labute approximate surface area is 379 Å². The first-order valence-corrected chi connectivity index (χ1v) is 22.9. The van der Waals surface area contributed by atoms with Gasteiger partial charge in [-0.05, 0) is 124 Å². The van der Waals surface area contributed by atoms with Crippen LogP contribution in [-0.2, 0) is 10.8 Å². The van der Waals surface area contributed by atoms with Gasteiger partial charge in [0.1, 0.15) is 16.7 Å². The normalized spacial score (nSPS) is 13.4. The minimum atomic E-state index is -0.0340. The van der Waals surface area contributed by atoms with Crippen molar-refractivity contribution in [2.45, 2.75) is 59.3 Å². The van der Waals surface area contributed by atoms with Crippen molar-refractivity contribution in [1.29, 1.82) is 0 Å². The molecular weight excluding hydrogens is 793 g/mol. The minimum absolute atomic E-state index is 0.0328. The molecule has 3 aromatic heterocycles. The number of fused-ring (bicyclic) bond motifs is 12. The molecule has 6 heteroatoms. The molecular formula is C59H48BN3O2. The van der Waals surface area contributed by atoms with Crippen LogP contribution >= 0.6 is 0 Å². The number of para-hydroxylation sites is 3. The van der Waals surface area contributed by atoms with Crippen molar-refractivity contribution in [3.63, 3.8) is 0 Å². The van der Waals surface area contributed by atoms with Crippen molar-refractivity contribution >= 4 is 112 Å². The highest BCUT2D eigenvalue weighted by Gasteiger charge is 2.43. The topological polar surface area (TPSA) is 37.7 Å². The van der Waals surface area contributed by atoms with Crippen molar-refractivity contribution in [3.05, 3.63) is 180 Å². The number of benzene rings is 8. The van der Waals surface area contributed by atoms with Crippen LogP contribution in [0.1, 0.15) is 58.2 Å². The van der Waals surface area contributed by atoms with Crippen LogP contribution in [0.15, 0.2) is 173 Å². The number of hydrogen-bond acceptors (Lipinski definition) is 4. The lowest BCUT2D eigenvalue weighted by molar-refractivity contribution is 0.590. The predicted molar refractivity (Wildman–Crippen MR) is 274 cm³/mol. The highest BCUT2D eigenvalue weighted by molar-refractivity contribution is 7.00. The van der Waals surface area contributed by atoms with Crippen LogP contribution in [0.25, 0.3) is 60.6 Å². The summed E-state index contributed by atoms with van der Waals surface area (Å²) in [6.45, 7) is 15.9. The summed E-state index contributed by atoms with van der Waals surface area (Å²) in [4.78, 5) is 4.95. The molecule has 13 rings (SSSR count). The predicted octanol–water partition coefficient (Wildman–Crippen LogP) is 14.4. The van der Waals surface area contributed by atoms with Gasteiger partial charge in [-0.15, -0.1) is 0 Å². The Balaban J connectivity index is 1.12. The second-order valence-electron chi connectivity index (χ2n) is 20.3. The molecule has 0 unspecified atom stereocenters. The van der Waals surface area contributed by atoms with Gasteiger partial charge in [-0.2, -0.15) is 0 Å². The van der Waals surface area contributed by atoms with E-state index in [9.17, 15) is 0 Å². The monoisotopic (exact) mass is 841 g/mol. The quantitative estimate of drug-likeness (QED) is 0.165. The van der Waals surface area contributed by atoms with E-state index in [1.54, 1.807) is 0 Å². The van der Waals surface area contributed by atoms with Crippen molar-refractivity contribution in [2.75, 3.05) is 9.80 Å². The Morgan fingerprint density at radius 2 is 1.03 bits per heavy atom. The summed E-state index contributed by atoms with van der Waals surface area (Å²) in [5.41, 5.74) is 20.3. The van der Waals surface area contributed by atoms with Crippen LogP contribution in [0.5, 0.6) is 0 Å². The molecule has 0 aliphatic carbocycles. The number of nitrogens with zero attached hydrogens (tertiary/aromatic N) is 3. The summed E-state index contributed by atoms with van der Waals surface area (Å²) in [5, 5.41) is 5.72. The number of furan rings is 2. The van der Waals surface area contributed by atoms with Crippen molar-refractivity contribution in [1.82, 2.24) is 4.57 Å². The zero-order valence-corrected chi connectivity index (χ0v) is 37.8. The van der Waals surface area contributed by atoms with E-state index in [2.05, 4.69) is 227 Å². The standard InChI is InChI=1S/C59H48BN3O2/c1-35-32-48-55-49(33-35)63-56-43(53-41-14-8-11-20-51(41)65-57(53)63)16-12-17-45(56)60(55)44-31-30-40(34-47(44)62(48)46-18-13-21-52-54(46)42-15-9-10-19-50(42)64-52)61(38-26-22-36(23-27-38)58(2,3)4)39-28-24-37(25-29-39)59(5,6)7/h8-34H,1-7H3. The van der Waals surface area contributed by atoms with Crippen LogP contribution in [0.4, 0.5) is 34.1 Å². The van der Waals surface area contributed by atoms with E-state index in [4.69, 9.17) is 8.83 Å². The number of aromatic nitrogens is 1. The third-order valence-electron chi connectivity index (χ3n) is 14.1. The maximum Gasteiger partial charge on any atom is 0.252 e. The molecule has 0 atom stereocenters. The van der Waals surface area contributed by atoms with Gasteiger partial charge in [0, 0.05) is 50.3 Å². The van der Waals surface area contributed by atoms with E-state index in [0.717, 1.165) is 78.4 Å². The molecule has 0 N–H and O–H groups in total. The molecule has 314 valence electrons. The smallest absolute Gasteiger partial charge is 0.252 e. The zero-order valence-electron chi connectivity index (χ0n) is 37.8. The molecule has 8 aromatic carbocycles. The fourth-order valence-electron chi connectivity index (χ4n) is 11.0. The number of anilines is 6. The lowest BCUT2D eigenvalue weighted by Gasteiger charge is -2.41. The maximum absolute atomic E-state index is 6.86. The SMILES string of the molecule is Cc1cc2c3c(c1)-n1c4oc5ccccc5c4c4cccc(c41)B3c1ccc(N(c3ccc(C(C)(C)C)cc3)c3ccc(C(C)(C)C)cc3)cc1N2c1cccc2oc3ccccc3c12. The maximum atomic E-state index is 6.86. The second kappa shape index (κ2) is 13.3. The zero-order chi connectivity index (χ0) is 44.1. The fourth-order valence-corrected chi connectivity index (χ4v) is 11.0.